The van der Waals surface area contributed by atoms with Crippen molar-refractivity contribution in [1.82, 2.24) is 15.1 Å². The molecule has 3 aliphatic rings. The van der Waals surface area contributed by atoms with Crippen molar-refractivity contribution < 1.29 is 9.53 Å². The van der Waals surface area contributed by atoms with Crippen LogP contribution < -0.4 is 10.1 Å². The molecular formula is C26H28N4O2. The van der Waals surface area contributed by atoms with Crippen LogP contribution in [0.5, 0.6) is 11.5 Å². The van der Waals surface area contributed by atoms with Crippen molar-refractivity contribution in [2.45, 2.75) is 12.6 Å². The van der Waals surface area contributed by atoms with Gasteiger partial charge in [0.1, 0.15) is 24.0 Å². The van der Waals surface area contributed by atoms with E-state index in [0.717, 1.165) is 41.5 Å². The van der Waals surface area contributed by atoms with Crippen molar-refractivity contribution in [2.24, 2.45) is 10.9 Å². The smallest absolute Gasteiger partial charge is 0.142 e. The van der Waals surface area contributed by atoms with E-state index in [1.165, 1.54) is 12.5 Å². The third-order valence-corrected chi connectivity index (χ3v) is 5.73. The predicted molar refractivity (Wildman–Crippen MR) is 128 cm³/mol. The van der Waals surface area contributed by atoms with Crippen molar-refractivity contribution in [2.75, 3.05) is 20.1 Å². The van der Waals surface area contributed by atoms with Crippen molar-refractivity contribution in [3.05, 3.63) is 90.9 Å². The molecule has 1 fully saturated rings. The molecule has 0 aromatic heterocycles. The monoisotopic (exact) mass is 428 g/mol. The number of nitrogens with zero attached hydrogens (tertiary/aromatic N) is 3. The third-order valence-electron chi connectivity index (χ3n) is 5.73. The van der Waals surface area contributed by atoms with E-state index in [0.29, 0.717) is 12.2 Å². The summed E-state index contributed by atoms with van der Waals surface area (Å²) in [5, 5.41) is 3.78. The van der Waals surface area contributed by atoms with Gasteiger partial charge in [-0.25, -0.2) is 0 Å². The molecule has 164 valence electrons. The number of nitrogens with one attached hydrogen (secondary N) is 1. The lowest BCUT2D eigenvalue weighted by Gasteiger charge is -2.30. The Morgan fingerprint density at radius 2 is 1.84 bits per heavy atom. The Kier molecular flexibility index (Phi) is 6.82. The summed E-state index contributed by atoms with van der Waals surface area (Å²) in [6, 6.07) is 18.1. The lowest BCUT2D eigenvalue weighted by molar-refractivity contribution is -0.104. The summed E-state index contributed by atoms with van der Waals surface area (Å²) in [4.78, 5) is 18.2. The number of rotatable bonds is 5. The van der Waals surface area contributed by atoms with Gasteiger partial charge in [0.2, 0.25) is 0 Å². The molecule has 2 atom stereocenters. The van der Waals surface area contributed by atoms with Crippen LogP contribution >= 0.6 is 0 Å². The van der Waals surface area contributed by atoms with Gasteiger partial charge in [0, 0.05) is 30.4 Å². The molecule has 1 N–H and O–H groups in total. The topological polar surface area (TPSA) is 57.2 Å². The Hall–Kier alpha value is -3.64. The van der Waals surface area contributed by atoms with Crippen LogP contribution in [0.2, 0.25) is 0 Å². The van der Waals surface area contributed by atoms with Crippen molar-refractivity contribution >= 4 is 18.2 Å². The second-order valence-electron chi connectivity index (χ2n) is 7.96. The molecule has 0 saturated carbocycles. The van der Waals surface area contributed by atoms with Gasteiger partial charge >= 0.3 is 0 Å². The van der Waals surface area contributed by atoms with E-state index in [-0.39, 0.29) is 6.17 Å². The average Bonchev–Trinajstić information content (AvgIpc) is 3.44. The van der Waals surface area contributed by atoms with Crippen LogP contribution in [0.3, 0.4) is 0 Å². The van der Waals surface area contributed by atoms with Gasteiger partial charge < -0.3 is 19.9 Å². The highest BCUT2D eigenvalue weighted by molar-refractivity contribution is 5.92. The fourth-order valence-corrected chi connectivity index (χ4v) is 4.22. The Morgan fingerprint density at radius 1 is 1.12 bits per heavy atom. The standard InChI is InChI=1S/C23H24N4O.C3H4O/c1-26-13-11-18(16-26)23-25-22(21-15-24-12-14-27(21)23)17-7-9-20(10-8-17)28-19-5-3-2-4-6-19;1-2-3-4/h2-10,12,14-15,18,23,25H,11,13,16H2,1H3;2-3H,1H2. The van der Waals surface area contributed by atoms with Crippen LogP contribution in [-0.4, -0.2) is 48.6 Å². The fourth-order valence-electron chi connectivity index (χ4n) is 4.22. The quantitative estimate of drug-likeness (QED) is 0.570. The molecule has 0 bridgehead atoms. The molecule has 3 heterocycles. The molecule has 0 aliphatic carbocycles. The van der Waals surface area contributed by atoms with Crippen molar-refractivity contribution in [3.8, 4) is 11.5 Å². The minimum atomic E-state index is 0.276. The van der Waals surface area contributed by atoms with Crippen LogP contribution in [0, 0.1) is 5.92 Å². The highest BCUT2D eigenvalue weighted by Crippen LogP contribution is 2.35. The molecule has 0 amide bonds. The molecule has 5 rings (SSSR count). The normalized spacial score (nSPS) is 21.5. The predicted octanol–water partition coefficient (Wildman–Crippen LogP) is 4.26. The van der Waals surface area contributed by atoms with E-state index >= 15 is 0 Å². The highest BCUT2D eigenvalue weighted by Gasteiger charge is 2.38. The maximum Gasteiger partial charge on any atom is 0.142 e. The number of carbonyl (C=O) groups excluding carboxylic acids is 1. The van der Waals surface area contributed by atoms with Gasteiger partial charge in [-0.05, 0) is 62.5 Å². The molecular weight excluding hydrogens is 400 g/mol. The second kappa shape index (κ2) is 10.1. The Morgan fingerprint density at radius 3 is 2.50 bits per heavy atom. The zero-order chi connectivity index (χ0) is 22.3. The first kappa shape index (κ1) is 21.6. The van der Waals surface area contributed by atoms with E-state index < -0.39 is 0 Å². The first-order valence-corrected chi connectivity index (χ1v) is 10.8. The zero-order valence-electron chi connectivity index (χ0n) is 18.2. The third kappa shape index (κ3) is 4.81. The molecule has 32 heavy (non-hydrogen) atoms. The number of hydrogen-bond donors (Lipinski definition) is 1. The van der Waals surface area contributed by atoms with E-state index in [1.807, 2.05) is 54.9 Å². The van der Waals surface area contributed by atoms with Crippen LogP contribution in [0.4, 0.5) is 0 Å². The van der Waals surface area contributed by atoms with Gasteiger partial charge in [0.15, 0.2) is 0 Å². The summed E-state index contributed by atoms with van der Waals surface area (Å²) < 4.78 is 5.93. The zero-order valence-corrected chi connectivity index (χ0v) is 18.2. The molecule has 2 aromatic carbocycles. The maximum absolute atomic E-state index is 9.06. The summed E-state index contributed by atoms with van der Waals surface area (Å²) in [5.74, 6) is 2.27. The number of aldehydes is 1. The Bertz CT molecular complexity index is 1020. The number of aliphatic imine (C=N–C) groups is 1. The van der Waals surface area contributed by atoms with E-state index in [9.17, 15) is 0 Å². The molecule has 2 aromatic rings. The number of hydrogen-bond acceptors (Lipinski definition) is 6. The number of benzene rings is 2. The number of carbonyl (C=O) groups is 1. The molecule has 1 saturated heterocycles. The number of allylic oxidation sites excluding steroid dienone is 2. The fraction of sp³-hybridized carbons (Fsp3) is 0.231. The summed E-state index contributed by atoms with van der Waals surface area (Å²) in [6.07, 6.45) is 9.23. The van der Waals surface area contributed by atoms with E-state index in [2.05, 4.69) is 52.1 Å². The van der Waals surface area contributed by atoms with Gasteiger partial charge in [-0.2, -0.15) is 0 Å². The number of para-hydroxylation sites is 1. The molecule has 3 aliphatic heterocycles. The highest BCUT2D eigenvalue weighted by atomic mass is 16.5. The van der Waals surface area contributed by atoms with Gasteiger partial charge in [-0.3, -0.25) is 9.79 Å². The SMILES string of the molecule is C=CC=O.CN1CCC(C2NC(c3ccc(Oc4ccccc4)cc3)=C3C=NC=CN32)C1. The molecule has 0 radical (unpaired) electrons. The number of likely N-dealkylation sites (tertiary alicyclic amines) is 1. The number of ether oxygens (including phenoxy) is 1. The van der Waals surface area contributed by atoms with E-state index in [1.54, 1.807) is 0 Å². The first-order chi connectivity index (χ1) is 15.7. The maximum atomic E-state index is 9.06. The molecule has 0 spiro atoms. The van der Waals surface area contributed by atoms with Crippen LogP contribution in [0.15, 0.2) is 90.3 Å². The van der Waals surface area contributed by atoms with Gasteiger partial charge in [-0.15, -0.1) is 0 Å². The summed E-state index contributed by atoms with van der Waals surface area (Å²) in [6.45, 7) is 5.38. The molecule has 6 nitrogen and oxygen atoms in total. The summed E-state index contributed by atoms with van der Waals surface area (Å²) in [5.41, 5.74) is 3.42. The summed E-state index contributed by atoms with van der Waals surface area (Å²) in [7, 11) is 2.20. The lowest BCUT2D eigenvalue weighted by atomic mass is 10.0. The number of fused-ring (bicyclic) bond motifs is 1. The lowest BCUT2D eigenvalue weighted by Crippen LogP contribution is -2.42. The van der Waals surface area contributed by atoms with Crippen LogP contribution in [0.1, 0.15) is 12.0 Å². The van der Waals surface area contributed by atoms with Crippen LogP contribution in [0.25, 0.3) is 5.70 Å². The molecule has 2 unspecified atom stereocenters. The molecule has 6 heteroatoms. The van der Waals surface area contributed by atoms with Gasteiger partial charge in [0.05, 0.1) is 17.6 Å². The van der Waals surface area contributed by atoms with Crippen molar-refractivity contribution in [1.29, 1.82) is 0 Å². The van der Waals surface area contributed by atoms with E-state index in [4.69, 9.17) is 9.53 Å². The average molecular weight is 429 g/mol. The summed E-state index contributed by atoms with van der Waals surface area (Å²) >= 11 is 0. The van der Waals surface area contributed by atoms with Gasteiger partial charge in [0.25, 0.3) is 0 Å². The van der Waals surface area contributed by atoms with Crippen LogP contribution in [-0.2, 0) is 4.79 Å². The second-order valence-corrected chi connectivity index (χ2v) is 7.96. The largest absolute Gasteiger partial charge is 0.457 e. The minimum absolute atomic E-state index is 0.276. The Balaban J connectivity index is 0.000000567. The van der Waals surface area contributed by atoms with Crippen molar-refractivity contribution in [3.63, 3.8) is 0 Å². The minimum Gasteiger partial charge on any atom is -0.457 e. The first-order valence-electron chi connectivity index (χ1n) is 10.8. The Labute approximate surface area is 189 Å². The van der Waals surface area contributed by atoms with Gasteiger partial charge in [-0.1, -0.05) is 24.8 Å².